The number of hydrogen-bond donors (Lipinski definition) is 1. The minimum atomic E-state index is 0.0255. The standard InChI is InChI=1S/C8H14N2/c1-6-3-8(4-6)10-7(2)5-9/h6-8,10H,3-4H2,1-2H3. The molecule has 0 bridgehead atoms. The van der Waals surface area contributed by atoms with Gasteiger partial charge >= 0.3 is 0 Å². The van der Waals surface area contributed by atoms with Crippen molar-refractivity contribution >= 4 is 0 Å². The van der Waals surface area contributed by atoms with Crippen LogP contribution in [0.5, 0.6) is 0 Å². The Morgan fingerprint density at radius 3 is 2.60 bits per heavy atom. The van der Waals surface area contributed by atoms with E-state index in [4.69, 9.17) is 5.26 Å². The fraction of sp³-hybridized carbons (Fsp3) is 0.875. The van der Waals surface area contributed by atoms with Gasteiger partial charge in [-0.2, -0.15) is 5.26 Å². The van der Waals surface area contributed by atoms with E-state index in [2.05, 4.69) is 18.3 Å². The largest absolute Gasteiger partial charge is 0.299 e. The van der Waals surface area contributed by atoms with Gasteiger partial charge in [0.1, 0.15) is 0 Å². The van der Waals surface area contributed by atoms with Crippen LogP contribution in [0.25, 0.3) is 0 Å². The summed E-state index contributed by atoms with van der Waals surface area (Å²) >= 11 is 0. The molecule has 0 aromatic rings. The first kappa shape index (κ1) is 7.56. The van der Waals surface area contributed by atoms with E-state index in [9.17, 15) is 0 Å². The van der Waals surface area contributed by atoms with Crippen LogP contribution in [-0.2, 0) is 0 Å². The minimum Gasteiger partial charge on any atom is -0.299 e. The van der Waals surface area contributed by atoms with Crippen molar-refractivity contribution in [3.8, 4) is 6.07 Å². The molecule has 1 atom stereocenters. The summed E-state index contributed by atoms with van der Waals surface area (Å²) in [6, 6.07) is 2.81. The van der Waals surface area contributed by atoms with Crippen LogP contribution in [0.4, 0.5) is 0 Å². The zero-order valence-corrected chi connectivity index (χ0v) is 6.59. The first-order chi connectivity index (χ1) is 4.72. The predicted octanol–water partition coefficient (Wildman–Crippen LogP) is 1.29. The van der Waals surface area contributed by atoms with Crippen molar-refractivity contribution in [3.63, 3.8) is 0 Å². The normalized spacial score (nSPS) is 34.1. The molecule has 56 valence electrons. The van der Waals surface area contributed by atoms with Crippen molar-refractivity contribution in [2.45, 2.75) is 38.8 Å². The van der Waals surface area contributed by atoms with Gasteiger partial charge in [-0.25, -0.2) is 0 Å². The Morgan fingerprint density at radius 2 is 2.20 bits per heavy atom. The fourth-order valence-corrected chi connectivity index (χ4v) is 1.43. The van der Waals surface area contributed by atoms with Crippen molar-refractivity contribution in [1.82, 2.24) is 5.32 Å². The Labute approximate surface area is 62.2 Å². The summed E-state index contributed by atoms with van der Waals surface area (Å²) in [5.74, 6) is 0.864. The van der Waals surface area contributed by atoms with Gasteiger partial charge in [-0.1, -0.05) is 6.92 Å². The zero-order chi connectivity index (χ0) is 7.56. The first-order valence-corrected chi connectivity index (χ1v) is 3.88. The topological polar surface area (TPSA) is 35.8 Å². The van der Waals surface area contributed by atoms with Crippen LogP contribution in [0.2, 0.25) is 0 Å². The molecule has 1 aliphatic carbocycles. The maximum atomic E-state index is 8.46. The number of nitrogens with zero attached hydrogens (tertiary/aromatic N) is 1. The molecule has 0 aromatic carbocycles. The molecule has 1 unspecified atom stereocenters. The van der Waals surface area contributed by atoms with Gasteiger partial charge in [-0.3, -0.25) is 5.32 Å². The van der Waals surface area contributed by atoms with E-state index < -0.39 is 0 Å². The highest BCUT2D eigenvalue weighted by molar-refractivity contribution is 4.92. The summed E-state index contributed by atoms with van der Waals surface area (Å²) in [6.45, 7) is 4.15. The predicted molar refractivity (Wildman–Crippen MR) is 40.4 cm³/mol. The molecule has 0 spiro atoms. The van der Waals surface area contributed by atoms with Crippen LogP contribution in [-0.4, -0.2) is 12.1 Å². The minimum absolute atomic E-state index is 0.0255. The van der Waals surface area contributed by atoms with Crippen LogP contribution in [0.3, 0.4) is 0 Å². The molecule has 0 aromatic heterocycles. The number of hydrogen-bond acceptors (Lipinski definition) is 2. The number of nitrogens with one attached hydrogen (secondary N) is 1. The van der Waals surface area contributed by atoms with Gasteiger partial charge in [-0.15, -0.1) is 0 Å². The lowest BCUT2D eigenvalue weighted by atomic mass is 9.81. The maximum Gasteiger partial charge on any atom is 0.0926 e. The van der Waals surface area contributed by atoms with Crippen molar-refractivity contribution in [2.75, 3.05) is 0 Å². The second-order valence-corrected chi connectivity index (χ2v) is 3.29. The summed E-state index contributed by atoms with van der Waals surface area (Å²) in [4.78, 5) is 0. The number of rotatable bonds is 2. The van der Waals surface area contributed by atoms with Crippen LogP contribution in [0, 0.1) is 17.2 Å². The van der Waals surface area contributed by atoms with E-state index in [1.54, 1.807) is 0 Å². The average molecular weight is 138 g/mol. The third-order valence-corrected chi connectivity index (χ3v) is 2.05. The van der Waals surface area contributed by atoms with Gasteiger partial charge in [0.05, 0.1) is 12.1 Å². The Morgan fingerprint density at radius 1 is 1.60 bits per heavy atom. The van der Waals surface area contributed by atoms with Gasteiger partial charge in [0, 0.05) is 6.04 Å². The average Bonchev–Trinajstić information content (AvgIpc) is 1.84. The molecule has 0 radical (unpaired) electrons. The van der Waals surface area contributed by atoms with Crippen LogP contribution >= 0.6 is 0 Å². The van der Waals surface area contributed by atoms with Crippen LogP contribution in [0.15, 0.2) is 0 Å². The van der Waals surface area contributed by atoms with Gasteiger partial charge in [0.15, 0.2) is 0 Å². The smallest absolute Gasteiger partial charge is 0.0926 e. The highest BCUT2D eigenvalue weighted by Gasteiger charge is 2.25. The Hall–Kier alpha value is -0.550. The molecular formula is C8H14N2. The number of nitriles is 1. The third-order valence-electron chi connectivity index (χ3n) is 2.05. The molecule has 1 aliphatic rings. The zero-order valence-electron chi connectivity index (χ0n) is 6.59. The molecule has 2 heteroatoms. The SMILES string of the molecule is CC1CC(NC(C)C#N)C1. The molecule has 1 saturated carbocycles. The summed E-state index contributed by atoms with van der Waals surface area (Å²) in [5, 5.41) is 11.7. The molecule has 0 heterocycles. The van der Waals surface area contributed by atoms with E-state index >= 15 is 0 Å². The molecule has 0 saturated heterocycles. The monoisotopic (exact) mass is 138 g/mol. The lowest BCUT2D eigenvalue weighted by Crippen LogP contribution is -2.43. The van der Waals surface area contributed by atoms with Crippen molar-refractivity contribution < 1.29 is 0 Å². The van der Waals surface area contributed by atoms with E-state index in [0.717, 1.165) is 5.92 Å². The van der Waals surface area contributed by atoms with E-state index in [-0.39, 0.29) is 6.04 Å². The highest BCUT2D eigenvalue weighted by atomic mass is 15.0. The molecule has 1 fully saturated rings. The van der Waals surface area contributed by atoms with Crippen molar-refractivity contribution in [1.29, 1.82) is 5.26 Å². The summed E-state index contributed by atoms with van der Waals surface area (Å²) < 4.78 is 0. The quantitative estimate of drug-likeness (QED) is 0.624. The van der Waals surface area contributed by atoms with Gasteiger partial charge in [0.25, 0.3) is 0 Å². The summed E-state index contributed by atoms with van der Waals surface area (Å²) in [5.41, 5.74) is 0. The van der Waals surface area contributed by atoms with Gasteiger partial charge in [-0.05, 0) is 25.7 Å². The summed E-state index contributed by atoms with van der Waals surface area (Å²) in [6.07, 6.45) is 2.48. The second-order valence-electron chi connectivity index (χ2n) is 3.29. The Bertz CT molecular complexity index is 142. The molecule has 10 heavy (non-hydrogen) atoms. The summed E-state index contributed by atoms with van der Waals surface area (Å²) in [7, 11) is 0. The van der Waals surface area contributed by atoms with Gasteiger partial charge < -0.3 is 0 Å². The van der Waals surface area contributed by atoms with Gasteiger partial charge in [0.2, 0.25) is 0 Å². The molecule has 1 N–H and O–H groups in total. The van der Waals surface area contributed by atoms with Crippen LogP contribution < -0.4 is 5.32 Å². The van der Waals surface area contributed by atoms with Crippen molar-refractivity contribution in [2.24, 2.45) is 5.92 Å². The third kappa shape index (κ3) is 1.71. The fourth-order valence-electron chi connectivity index (χ4n) is 1.43. The molecular weight excluding hydrogens is 124 g/mol. The Kier molecular flexibility index (Phi) is 2.29. The van der Waals surface area contributed by atoms with Crippen LogP contribution in [0.1, 0.15) is 26.7 Å². The molecule has 2 nitrogen and oxygen atoms in total. The Balaban J connectivity index is 2.11. The lowest BCUT2D eigenvalue weighted by Gasteiger charge is -2.34. The lowest BCUT2D eigenvalue weighted by molar-refractivity contribution is 0.236. The van der Waals surface area contributed by atoms with E-state index in [1.165, 1.54) is 12.8 Å². The highest BCUT2D eigenvalue weighted by Crippen LogP contribution is 2.26. The first-order valence-electron chi connectivity index (χ1n) is 3.88. The second kappa shape index (κ2) is 3.03. The molecule has 0 amide bonds. The maximum absolute atomic E-state index is 8.46. The molecule has 0 aliphatic heterocycles. The molecule has 1 rings (SSSR count). The van der Waals surface area contributed by atoms with E-state index in [0.29, 0.717) is 6.04 Å². The van der Waals surface area contributed by atoms with Crippen molar-refractivity contribution in [3.05, 3.63) is 0 Å². The van der Waals surface area contributed by atoms with E-state index in [1.807, 2.05) is 6.92 Å².